The number of amides is 1. The zero-order valence-corrected chi connectivity index (χ0v) is 21.6. The molecular weight excluding hydrogens is 466 g/mol. The number of aryl methyl sites for hydroxylation is 2. The Morgan fingerprint density at radius 3 is 2.59 bits per heavy atom. The maximum atomic E-state index is 13.0. The van der Waals surface area contributed by atoms with Gasteiger partial charge < -0.3 is 10.0 Å². The molecule has 2 aromatic heterocycles. The van der Waals surface area contributed by atoms with Crippen molar-refractivity contribution in [3.05, 3.63) is 47.0 Å². The SMILES string of the molecule is CSc1cnc(CC[C@H](C)CCc2nc3ccc(C(=O)N4CCN(CCO)CC4)cc3s2)nc1. The average molecular weight is 500 g/mol. The Bertz CT molecular complexity index is 1080. The van der Waals surface area contributed by atoms with Gasteiger partial charge in [-0.05, 0) is 49.6 Å². The van der Waals surface area contributed by atoms with E-state index in [1.54, 1.807) is 23.1 Å². The molecule has 1 aromatic carbocycles. The van der Waals surface area contributed by atoms with Crippen LogP contribution >= 0.6 is 23.1 Å². The van der Waals surface area contributed by atoms with Crippen LogP contribution in [0.2, 0.25) is 0 Å². The highest BCUT2D eigenvalue weighted by molar-refractivity contribution is 7.98. The van der Waals surface area contributed by atoms with E-state index in [-0.39, 0.29) is 12.5 Å². The highest BCUT2D eigenvalue weighted by Crippen LogP contribution is 2.26. The Labute approximate surface area is 209 Å². The number of aliphatic hydroxyl groups is 1. The summed E-state index contributed by atoms with van der Waals surface area (Å²) in [7, 11) is 0. The van der Waals surface area contributed by atoms with Crippen molar-refractivity contribution in [3.63, 3.8) is 0 Å². The number of thiazole rings is 1. The van der Waals surface area contributed by atoms with Gasteiger partial charge in [-0.2, -0.15) is 0 Å². The first-order valence-electron chi connectivity index (χ1n) is 11.9. The molecule has 9 heteroatoms. The van der Waals surface area contributed by atoms with E-state index in [1.807, 2.05) is 41.7 Å². The lowest BCUT2D eigenvalue weighted by Crippen LogP contribution is -2.49. The summed E-state index contributed by atoms with van der Waals surface area (Å²) in [6.07, 6.45) is 9.81. The topological polar surface area (TPSA) is 82.5 Å². The first kappa shape index (κ1) is 25.0. The normalized spacial score (nSPS) is 15.7. The predicted octanol–water partition coefficient (Wildman–Crippen LogP) is 3.76. The van der Waals surface area contributed by atoms with Crippen molar-refractivity contribution in [2.45, 2.75) is 37.5 Å². The second-order valence-electron chi connectivity index (χ2n) is 8.87. The molecule has 0 radical (unpaired) electrons. The molecule has 1 amide bonds. The average Bonchev–Trinajstić information content (AvgIpc) is 3.29. The summed E-state index contributed by atoms with van der Waals surface area (Å²) >= 11 is 3.36. The van der Waals surface area contributed by atoms with Gasteiger partial charge in [-0.1, -0.05) is 6.92 Å². The monoisotopic (exact) mass is 499 g/mol. The second-order valence-corrected chi connectivity index (χ2v) is 10.9. The van der Waals surface area contributed by atoms with Crippen molar-refractivity contribution < 1.29 is 9.90 Å². The molecule has 0 unspecified atom stereocenters. The highest BCUT2D eigenvalue weighted by Gasteiger charge is 2.22. The van der Waals surface area contributed by atoms with E-state index in [4.69, 9.17) is 10.1 Å². The standard InChI is InChI=1S/C25H33N5O2S2/c1-18(3-7-23-26-16-20(33-2)17-27-23)4-8-24-28-21-6-5-19(15-22(21)34-24)25(32)30-11-9-29(10-12-30)13-14-31/h5-6,15-18,31H,3-4,7-14H2,1-2H3/t18-/m0/s1. The van der Waals surface area contributed by atoms with Crippen LogP contribution in [0.5, 0.6) is 0 Å². The Morgan fingerprint density at radius 2 is 1.88 bits per heavy atom. The molecule has 0 spiro atoms. The molecule has 3 aromatic rings. The summed E-state index contributed by atoms with van der Waals surface area (Å²) < 4.78 is 1.08. The van der Waals surface area contributed by atoms with Crippen LogP contribution < -0.4 is 0 Å². The third-order valence-electron chi connectivity index (χ3n) is 6.38. The third-order valence-corrected chi connectivity index (χ3v) is 8.14. The number of aromatic nitrogens is 3. The summed E-state index contributed by atoms with van der Waals surface area (Å²) in [5.74, 6) is 1.57. The van der Waals surface area contributed by atoms with Gasteiger partial charge in [0.1, 0.15) is 5.82 Å². The molecule has 1 aliphatic rings. The van der Waals surface area contributed by atoms with Gasteiger partial charge in [0, 0.05) is 62.0 Å². The molecule has 0 bridgehead atoms. The molecular formula is C25H33N5O2S2. The number of fused-ring (bicyclic) bond motifs is 1. The first-order chi connectivity index (χ1) is 16.6. The Kier molecular flexibility index (Phi) is 8.88. The molecule has 1 fully saturated rings. The summed E-state index contributed by atoms with van der Waals surface area (Å²) in [5, 5.41) is 10.2. The van der Waals surface area contributed by atoms with Gasteiger partial charge in [-0.15, -0.1) is 23.1 Å². The van der Waals surface area contributed by atoms with Gasteiger partial charge in [0.2, 0.25) is 0 Å². The van der Waals surface area contributed by atoms with Crippen LogP contribution in [0.3, 0.4) is 0 Å². The number of rotatable bonds is 10. The zero-order chi connectivity index (χ0) is 23.9. The lowest BCUT2D eigenvalue weighted by molar-refractivity contribution is 0.0615. The van der Waals surface area contributed by atoms with Crippen molar-refractivity contribution in [2.24, 2.45) is 5.92 Å². The number of piperazine rings is 1. The molecule has 1 N–H and O–H groups in total. The minimum atomic E-state index is 0.0851. The van der Waals surface area contributed by atoms with Gasteiger partial charge in [-0.3, -0.25) is 9.69 Å². The van der Waals surface area contributed by atoms with Crippen molar-refractivity contribution >= 4 is 39.2 Å². The van der Waals surface area contributed by atoms with E-state index in [1.165, 1.54) is 0 Å². The van der Waals surface area contributed by atoms with Crippen LogP contribution in [0.4, 0.5) is 0 Å². The van der Waals surface area contributed by atoms with Crippen LogP contribution in [-0.4, -0.2) is 81.4 Å². The molecule has 4 rings (SSSR count). The molecule has 3 heterocycles. The molecule has 1 saturated heterocycles. The van der Waals surface area contributed by atoms with Crippen LogP contribution in [0, 0.1) is 5.92 Å². The number of hydrogen-bond acceptors (Lipinski definition) is 8. The number of benzene rings is 1. The second kappa shape index (κ2) is 12.1. The molecule has 182 valence electrons. The maximum absolute atomic E-state index is 13.0. The number of hydrogen-bond donors (Lipinski definition) is 1. The maximum Gasteiger partial charge on any atom is 0.253 e. The largest absolute Gasteiger partial charge is 0.395 e. The van der Waals surface area contributed by atoms with E-state index in [0.717, 1.165) is 70.3 Å². The Morgan fingerprint density at radius 1 is 1.15 bits per heavy atom. The fourth-order valence-corrected chi connectivity index (χ4v) is 5.52. The van der Waals surface area contributed by atoms with E-state index in [0.29, 0.717) is 25.6 Å². The Balaban J connectivity index is 1.29. The zero-order valence-electron chi connectivity index (χ0n) is 19.9. The van der Waals surface area contributed by atoms with Crippen LogP contribution in [0.25, 0.3) is 10.2 Å². The predicted molar refractivity (Wildman–Crippen MR) is 139 cm³/mol. The van der Waals surface area contributed by atoms with Crippen LogP contribution in [0.15, 0.2) is 35.5 Å². The minimum Gasteiger partial charge on any atom is -0.395 e. The quantitative estimate of drug-likeness (QED) is 0.425. The van der Waals surface area contributed by atoms with E-state index >= 15 is 0 Å². The van der Waals surface area contributed by atoms with Crippen LogP contribution in [-0.2, 0) is 12.8 Å². The van der Waals surface area contributed by atoms with Crippen molar-refractivity contribution in [3.8, 4) is 0 Å². The third kappa shape index (κ3) is 6.53. The molecule has 0 aliphatic carbocycles. The molecule has 34 heavy (non-hydrogen) atoms. The number of aliphatic hydroxyl groups excluding tert-OH is 1. The first-order valence-corrected chi connectivity index (χ1v) is 14.0. The number of thioether (sulfide) groups is 1. The van der Waals surface area contributed by atoms with Crippen molar-refractivity contribution in [1.82, 2.24) is 24.8 Å². The van der Waals surface area contributed by atoms with Gasteiger partial charge in [0.25, 0.3) is 5.91 Å². The van der Waals surface area contributed by atoms with Gasteiger partial charge in [0.15, 0.2) is 0 Å². The summed E-state index contributed by atoms with van der Waals surface area (Å²) in [5.41, 5.74) is 1.71. The van der Waals surface area contributed by atoms with E-state index in [2.05, 4.69) is 21.8 Å². The number of β-amino-alcohol motifs (C(OH)–C–C–N with tert-alkyl or cyclic N) is 1. The van der Waals surface area contributed by atoms with Gasteiger partial charge >= 0.3 is 0 Å². The van der Waals surface area contributed by atoms with Crippen molar-refractivity contribution in [1.29, 1.82) is 0 Å². The van der Waals surface area contributed by atoms with Gasteiger partial charge in [0.05, 0.1) is 21.8 Å². The molecule has 1 atom stereocenters. The number of carbonyl (C=O) groups is 1. The molecule has 7 nitrogen and oxygen atoms in total. The van der Waals surface area contributed by atoms with Crippen molar-refractivity contribution in [2.75, 3.05) is 45.6 Å². The lowest BCUT2D eigenvalue weighted by Gasteiger charge is -2.34. The Hall–Kier alpha value is -2.07. The van der Waals surface area contributed by atoms with Gasteiger partial charge in [-0.25, -0.2) is 15.0 Å². The summed E-state index contributed by atoms with van der Waals surface area (Å²) in [6, 6.07) is 5.88. The fraction of sp³-hybridized carbons (Fsp3) is 0.520. The number of carbonyl (C=O) groups excluding carboxylic acids is 1. The highest BCUT2D eigenvalue weighted by atomic mass is 32.2. The van der Waals surface area contributed by atoms with E-state index in [9.17, 15) is 4.79 Å². The fourth-order valence-electron chi connectivity index (χ4n) is 4.18. The number of nitrogens with zero attached hydrogens (tertiary/aromatic N) is 5. The smallest absolute Gasteiger partial charge is 0.253 e. The molecule has 0 saturated carbocycles. The summed E-state index contributed by atoms with van der Waals surface area (Å²) in [6.45, 7) is 6.15. The van der Waals surface area contributed by atoms with Crippen LogP contribution in [0.1, 0.15) is 41.0 Å². The van der Waals surface area contributed by atoms with E-state index < -0.39 is 0 Å². The minimum absolute atomic E-state index is 0.0851. The molecule has 1 aliphatic heterocycles. The lowest BCUT2D eigenvalue weighted by atomic mass is 10.00. The summed E-state index contributed by atoms with van der Waals surface area (Å²) in [4.78, 5) is 31.9.